The summed E-state index contributed by atoms with van der Waals surface area (Å²) in [6, 6.07) is 14.1. The van der Waals surface area contributed by atoms with Crippen LogP contribution in [0.25, 0.3) is 22.3 Å². The molecule has 2 saturated heterocycles. The zero-order valence-corrected chi connectivity index (χ0v) is 32.7. The summed E-state index contributed by atoms with van der Waals surface area (Å²) in [7, 11) is -1.35. The van der Waals surface area contributed by atoms with Crippen molar-refractivity contribution >= 4 is 47.1 Å². The van der Waals surface area contributed by atoms with Gasteiger partial charge in [-0.2, -0.15) is 0 Å². The van der Waals surface area contributed by atoms with E-state index in [1.807, 2.05) is 71.8 Å². The highest BCUT2D eigenvalue weighted by Crippen LogP contribution is 2.49. The van der Waals surface area contributed by atoms with Crippen LogP contribution in [0.1, 0.15) is 61.4 Å². The van der Waals surface area contributed by atoms with Crippen LogP contribution in [0.5, 0.6) is 0 Å². The number of ether oxygens (including phenoxy) is 1. The van der Waals surface area contributed by atoms with E-state index >= 15 is 0 Å². The lowest BCUT2D eigenvalue weighted by molar-refractivity contribution is -0.136. The van der Waals surface area contributed by atoms with Crippen molar-refractivity contribution in [2.24, 2.45) is 5.92 Å². The number of hydrogen-bond donors (Lipinski definition) is 5. The number of thiol groups is 1. The number of aryl methyl sites for hydroxylation is 1. The van der Waals surface area contributed by atoms with Gasteiger partial charge in [0.1, 0.15) is 11.0 Å². The van der Waals surface area contributed by atoms with Crippen molar-refractivity contribution in [3.05, 3.63) is 70.3 Å². The fraction of sp³-hybridized carbons (Fsp3) is 0.487. The summed E-state index contributed by atoms with van der Waals surface area (Å²) in [6.45, 7) is 17.0. The average Bonchev–Trinajstić information content (AvgIpc) is 3.07. The standard InChI is InChI=1S/C31H35N3O4S2.C4H9NO.C4H10O/c1-18-5-7-21(8-6-18)28-20(3)29-25-10-9-24(32-31(37)22-11-13-33(39)14-12-22)15-23(25)17-34(40(4)38)30(29)19(2)26(28)16-27(35)36;1-3-6-4-2-5-1;1-4(2,3)5/h5-10,15,22,39H,11-14,16-17H2,1-4H3,(H,32,37)(H,35,36);5H,1-4H2;5H,1-3H3. The first-order chi connectivity index (χ1) is 24.0. The molecule has 0 aromatic heterocycles. The topological polar surface area (TPSA) is 131 Å². The maximum absolute atomic E-state index is 13.1. The monoisotopic (exact) mass is 738 g/mol. The minimum atomic E-state index is -1.35. The largest absolute Gasteiger partial charge is 0.481 e. The number of carbonyl (C=O) groups is 2. The molecule has 3 heterocycles. The fourth-order valence-corrected chi connectivity index (χ4v) is 7.60. The summed E-state index contributed by atoms with van der Waals surface area (Å²) in [6.07, 6.45) is 3.06. The van der Waals surface area contributed by atoms with Gasteiger partial charge in [0.25, 0.3) is 0 Å². The average molecular weight is 739 g/mol. The number of carboxylic acid groups (broad SMARTS) is 1. The predicted molar refractivity (Wildman–Crippen MR) is 211 cm³/mol. The summed E-state index contributed by atoms with van der Waals surface area (Å²) in [4.78, 5) is 25.0. The molecule has 1 unspecified atom stereocenters. The van der Waals surface area contributed by atoms with E-state index in [4.69, 9.17) is 9.84 Å². The molecule has 0 saturated carbocycles. The number of rotatable bonds is 6. The number of aliphatic hydroxyl groups is 1. The van der Waals surface area contributed by atoms with E-state index in [9.17, 15) is 18.9 Å². The Morgan fingerprint density at radius 2 is 1.61 bits per heavy atom. The molecule has 3 aliphatic heterocycles. The summed E-state index contributed by atoms with van der Waals surface area (Å²) >= 11 is 4.39. The first-order valence-electron chi connectivity index (χ1n) is 17.5. The lowest BCUT2D eigenvalue weighted by Crippen LogP contribution is -2.34. The van der Waals surface area contributed by atoms with Gasteiger partial charge in [-0.25, -0.2) is 4.21 Å². The number of piperidine rings is 1. The molecular formula is C39H54N4O6S2. The summed E-state index contributed by atoms with van der Waals surface area (Å²) < 4.78 is 21.9. The van der Waals surface area contributed by atoms with E-state index in [0.29, 0.717) is 6.54 Å². The van der Waals surface area contributed by atoms with Crippen molar-refractivity contribution in [3.63, 3.8) is 0 Å². The molecule has 0 radical (unpaired) electrons. The van der Waals surface area contributed by atoms with Crippen LogP contribution < -0.4 is 14.9 Å². The zero-order valence-electron chi connectivity index (χ0n) is 31.0. The van der Waals surface area contributed by atoms with Gasteiger partial charge in [0.2, 0.25) is 5.91 Å². The molecule has 3 aliphatic rings. The minimum Gasteiger partial charge on any atom is -0.481 e. The number of fused-ring (bicyclic) bond motifs is 3. The smallest absolute Gasteiger partial charge is 0.307 e. The Bertz CT molecular complexity index is 1690. The lowest BCUT2D eigenvalue weighted by Gasteiger charge is -2.36. The molecule has 3 aromatic rings. The van der Waals surface area contributed by atoms with Gasteiger partial charge in [-0.3, -0.25) is 18.2 Å². The number of anilines is 2. The molecule has 12 heteroatoms. The van der Waals surface area contributed by atoms with Crippen molar-refractivity contribution in [1.82, 2.24) is 9.62 Å². The Labute approximate surface area is 311 Å². The Hall–Kier alpha value is -3.26. The van der Waals surface area contributed by atoms with Gasteiger partial charge in [-0.1, -0.05) is 48.7 Å². The molecule has 0 aliphatic carbocycles. The third kappa shape index (κ3) is 11.1. The molecular weight excluding hydrogens is 685 g/mol. The number of nitrogens with one attached hydrogen (secondary N) is 2. The molecule has 2 fully saturated rings. The molecule has 4 N–H and O–H groups in total. The van der Waals surface area contributed by atoms with E-state index < -0.39 is 22.6 Å². The van der Waals surface area contributed by atoms with Gasteiger partial charge in [-0.15, -0.1) is 0 Å². The second-order valence-electron chi connectivity index (χ2n) is 14.3. The quantitative estimate of drug-likeness (QED) is 0.193. The van der Waals surface area contributed by atoms with E-state index in [0.717, 1.165) is 114 Å². The van der Waals surface area contributed by atoms with Crippen molar-refractivity contribution < 1.29 is 28.7 Å². The van der Waals surface area contributed by atoms with Crippen LogP contribution >= 0.6 is 12.8 Å². The van der Waals surface area contributed by atoms with Crippen LogP contribution in [0, 0.1) is 26.7 Å². The second-order valence-corrected chi connectivity index (χ2v) is 16.2. The first-order valence-corrected chi connectivity index (χ1v) is 19.4. The third-order valence-corrected chi connectivity index (χ3v) is 10.3. The maximum Gasteiger partial charge on any atom is 0.307 e. The summed E-state index contributed by atoms with van der Waals surface area (Å²) in [5, 5.41) is 24.6. The molecule has 0 spiro atoms. The Balaban J connectivity index is 0.000000456. The second kappa shape index (κ2) is 18.0. The molecule has 51 heavy (non-hydrogen) atoms. The highest BCUT2D eigenvalue weighted by Gasteiger charge is 2.32. The van der Waals surface area contributed by atoms with Crippen LogP contribution in [-0.2, 0) is 38.3 Å². The Kier molecular flexibility index (Phi) is 14.3. The van der Waals surface area contributed by atoms with Crippen molar-refractivity contribution in [2.75, 3.05) is 55.3 Å². The SMILES string of the molecule is C1COCCN1.CC(C)(C)O.Cc1ccc(-c2c(C)c3c(c(C)c2CC(=O)O)N(S(C)=O)Cc2cc(NC(=O)C4CCN(S)CC4)ccc2-3)cc1. The first kappa shape index (κ1) is 40.5. The van der Waals surface area contributed by atoms with Gasteiger partial charge in [-0.05, 0) is 105 Å². The molecule has 278 valence electrons. The lowest BCUT2D eigenvalue weighted by atomic mass is 9.81. The highest BCUT2D eigenvalue weighted by molar-refractivity contribution is 7.85. The number of carboxylic acids is 1. The van der Waals surface area contributed by atoms with Gasteiger partial charge >= 0.3 is 5.97 Å². The number of carbonyl (C=O) groups excluding carboxylic acids is 1. The van der Waals surface area contributed by atoms with Gasteiger partial charge in [0.05, 0.1) is 37.5 Å². The van der Waals surface area contributed by atoms with Gasteiger partial charge in [0.15, 0.2) is 0 Å². The molecule has 3 aromatic carbocycles. The highest BCUT2D eigenvalue weighted by atomic mass is 32.2. The number of hydrogen-bond acceptors (Lipinski definition) is 8. The summed E-state index contributed by atoms with van der Waals surface area (Å²) in [5.74, 6) is -0.938. The Morgan fingerprint density at radius 3 is 2.12 bits per heavy atom. The van der Waals surface area contributed by atoms with E-state index in [1.165, 1.54) is 0 Å². The van der Waals surface area contributed by atoms with Gasteiger partial charge in [0, 0.05) is 49.6 Å². The molecule has 6 rings (SSSR count). The van der Waals surface area contributed by atoms with E-state index in [-0.39, 0.29) is 18.2 Å². The van der Waals surface area contributed by atoms with Crippen molar-refractivity contribution in [1.29, 1.82) is 0 Å². The van der Waals surface area contributed by atoms with E-state index in [1.54, 1.807) is 27.0 Å². The van der Waals surface area contributed by atoms with Crippen LogP contribution in [0.4, 0.5) is 11.4 Å². The van der Waals surface area contributed by atoms with Gasteiger partial charge < -0.3 is 25.6 Å². The molecule has 1 amide bonds. The van der Waals surface area contributed by atoms with Crippen molar-refractivity contribution in [2.45, 2.75) is 73.0 Å². The number of benzene rings is 3. The van der Waals surface area contributed by atoms with Crippen molar-refractivity contribution in [3.8, 4) is 22.3 Å². The number of morpholine rings is 1. The molecule has 1 atom stereocenters. The zero-order chi connectivity index (χ0) is 37.5. The predicted octanol–water partition coefficient (Wildman–Crippen LogP) is 6.07. The number of aliphatic carboxylic acids is 1. The maximum atomic E-state index is 13.1. The normalized spacial score (nSPS) is 16.8. The fourth-order valence-electron chi connectivity index (χ4n) is 6.56. The molecule has 0 bridgehead atoms. The van der Waals surface area contributed by atoms with E-state index in [2.05, 4.69) is 23.4 Å². The Morgan fingerprint density at radius 1 is 1.00 bits per heavy atom. The van der Waals surface area contributed by atoms with Crippen LogP contribution in [-0.4, -0.2) is 81.9 Å². The number of nitrogens with zero attached hydrogens (tertiary/aromatic N) is 2. The van der Waals surface area contributed by atoms with Crippen LogP contribution in [0.15, 0.2) is 42.5 Å². The van der Waals surface area contributed by atoms with Crippen LogP contribution in [0.3, 0.4) is 0 Å². The molecule has 10 nitrogen and oxygen atoms in total. The minimum absolute atomic E-state index is 0.0144. The van der Waals surface area contributed by atoms with Crippen LogP contribution in [0.2, 0.25) is 0 Å². The summed E-state index contributed by atoms with van der Waals surface area (Å²) in [5.41, 5.74) is 9.47. The third-order valence-electron chi connectivity index (χ3n) is 8.97. The number of amides is 1.